The minimum atomic E-state index is -0.774. The molecule has 1 fully saturated rings. The van der Waals surface area contributed by atoms with Crippen molar-refractivity contribution in [2.45, 2.75) is 12.3 Å². The lowest BCUT2D eigenvalue weighted by atomic mass is 10.2. The average molecular weight is 297 g/mol. The Kier molecular flexibility index (Phi) is 3.03. The molecule has 1 aromatic carbocycles. The maximum Gasteiger partial charge on any atom is 0.307 e. The van der Waals surface area contributed by atoms with Gasteiger partial charge in [-0.05, 0) is 36.8 Å². The van der Waals surface area contributed by atoms with Gasteiger partial charge in [-0.25, -0.2) is 0 Å². The van der Waals surface area contributed by atoms with Crippen LogP contribution in [0.5, 0.6) is 0 Å². The van der Waals surface area contributed by atoms with Crippen molar-refractivity contribution >= 4 is 29.2 Å². The fourth-order valence-corrected chi connectivity index (χ4v) is 2.55. The summed E-state index contributed by atoms with van der Waals surface area (Å²) >= 11 is 12.0. The van der Waals surface area contributed by atoms with Crippen LogP contribution < -0.4 is 0 Å². The maximum atomic E-state index is 10.8. The molecule has 0 amide bonds. The molecule has 3 rings (SSSR count). The monoisotopic (exact) mass is 296 g/mol. The van der Waals surface area contributed by atoms with Crippen molar-refractivity contribution in [1.29, 1.82) is 0 Å². The summed E-state index contributed by atoms with van der Waals surface area (Å²) in [7, 11) is 0. The summed E-state index contributed by atoms with van der Waals surface area (Å²) in [6, 6.07) is 8.75. The van der Waals surface area contributed by atoms with Crippen molar-refractivity contribution in [3.8, 4) is 11.3 Å². The SMILES string of the molecule is O=C(O)[C@H]1C[C@@H]1c1ccc(-c2cc(Cl)ccc2Cl)o1. The van der Waals surface area contributed by atoms with Crippen LogP contribution in [0.4, 0.5) is 0 Å². The van der Waals surface area contributed by atoms with Gasteiger partial charge < -0.3 is 9.52 Å². The molecule has 1 aliphatic carbocycles. The van der Waals surface area contributed by atoms with Crippen LogP contribution in [0.15, 0.2) is 34.7 Å². The number of carboxylic acid groups (broad SMARTS) is 1. The van der Waals surface area contributed by atoms with Gasteiger partial charge in [-0.3, -0.25) is 4.79 Å². The molecule has 19 heavy (non-hydrogen) atoms. The van der Waals surface area contributed by atoms with Gasteiger partial charge >= 0.3 is 5.97 Å². The normalized spacial score (nSPS) is 21.4. The number of hydrogen-bond donors (Lipinski definition) is 1. The number of carboxylic acids is 1. The summed E-state index contributed by atoms with van der Waals surface area (Å²) in [5.74, 6) is 0.179. The highest BCUT2D eigenvalue weighted by Crippen LogP contribution is 2.49. The van der Waals surface area contributed by atoms with Gasteiger partial charge in [0.25, 0.3) is 0 Å². The molecule has 5 heteroatoms. The van der Waals surface area contributed by atoms with E-state index in [1.165, 1.54) is 0 Å². The lowest BCUT2D eigenvalue weighted by Gasteiger charge is -2.01. The molecule has 1 aromatic heterocycles. The Labute approximate surface area is 119 Å². The molecule has 0 saturated heterocycles. The van der Waals surface area contributed by atoms with Crippen molar-refractivity contribution in [2.24, 2.45) is 5.92 Å². The summed E-state index contributed by atoms with van der Waals surface area (Å²) in [6.45, 7) is 0. The van der Waals surface area contributed by atoms with E-state index in [2.05, 4.69) is 0 Å². The van der Waals surface area contributed by atoms with Gasteiger partial charge in [-0.1, -0.05) is 23.2 Å². The fourth-order valence-electron chi connectivity index (χ4n) is 2.17. The molecule has 0 bridgehead atoms. The van der Waals surface area contributed by atoms with Crippen LogP contribution >= 0.6 is 23.2 Å². The first kappa shape index (κ1) is 12.6. The van der Waals surface area contributed by atoms with Crippen molar-refractivity contribution in [2.75, 3.05) is 0 Å². The fraction of sp³-hybridized carbons (Fsp3) is 0.214. The topological polar surface area (TPSA) is 50.4 Å². The summed E-state index contributed by atoms with van der Waals surface area (Å²) in [4.78, 5) is 10.8. The molecule has 98 valence electrons. The predicted molar refractivity (Wildman–Crippen MR) is 72.6 cm³/mol. The first-order valence-electron chi connectivity index (χ1n) is 5.84. The predicted octanol–water partition coefficient (Wildman–Crippen LogP) is 4.44. The molecule has 1 saturated carbocycles. The minimum absolute atomic E-state index is 0.0239. The first-order chi connectivity index (χ1) is 9.06. The van der Waals surface area contributed by atoms with Crippen LogP contribution in [0.25, 0.3) is 11.3 Å². The summed E-state index contributed by atoms with van der Waals surface area (Å²) in [6.07, 6.45) is 0.631. The van der Waals surface area contributed by atoms with Gasteiger partial charge in [0.05, 0.1) is 10.9 Å². The smallest absolute Gasteiger partial charge is 0.307 e. The Morgan fingerprint density at radius 1 is 1.26 bits per heavy atom. The molecule has 0 radical (unpaired) electrons. The molecule has 3 nitrogen and oxygen atoms in total. The summed E-state index contributed by atoms with van der Waals surface area (Å²) in [5, 5.41) is 10.0. The minimum Gasteiger partial charge on any atom is -0.481 e. The lowest BCUT2D eigenvalue weighted by molar-refractivity contribution is -0.138. The Morgan fingerprint density at radius 2 is 2.05 bits per heavy atom. The molecule has 2 aromatic rings. The van der Waals surface area contributed by atoms with Crippen LogP contribution in [-0.4, -0.2) is 11.1 Å². The highest BCUT2D eigenvalue weighted by Gasteiger charge is 2.46. The number of benzene rings is 1. The van der Waals surface area contributed by atoms with Crippen molar-refractivity contribution in [1.82, 2.24) is 0 Å². The van der Waals surface area contributed by atoms with Crippen LogP contribution in [0.1, 0.15) is 18.1 Å². The molecule has 1 aliphatic rings. The number of furan rings is 1. The van der Waals surface area contributed by atoms with Crippen molar-refractivity contribution < 1.29 is 14.3 Å². The first-order valence-corrected chi connectivity index (χ1v) is 6.60. The molecule has 0 unspecified atom stereocenters. The second kappa shape index (κ2) is 4.58. The molecule has 0 spiro atoms. The third-order valence-corrected chi connectivity index (χ3v) is 3.86. The Balaban J connectivity index is 1.90. The largest absolute Gasteiger partial charge is 0.481 e. The number of hydrogen-bond acceptors (Lipinski definition) is 2. The van der Waals surface area contributed by atoms with Gasteiger partial charge in [0, 0.05) is 16.5 Å². The number of aliphatic carboxylic acids is 1. The van der Waals surface area contributed by atoms with Crippen LogP contribution in [0, 0.1) is 5.92 Å². The molecular formula is C14H10Cl2O3. The molecule has 1 heterocycles. The van der Waals surface area contributed by atoms with Crippen LogP contribution in [0.2, 0.25) is 10.0 Å². The Bertz CT molecular complexity index is 648. The lowest BCUT2D eigenvalue weighted by Crippen LogP contribution is -1.98. The standard InChI is InChI=1S/C14H10Cl2O3/c15-7-1-2-11(16)10(5-7)13-4-3-12(19-13)8-6-9(8)14(17)18/h1-5,8-9H,6H2,(H,17,18)/t8-,9-/m0/s1. The molecule has 2 atom stereocenters. The van der Waals surface area contributed by atoms with Crippen molar-refractivity contribution in [3.63, 3.8) is 0 Å². The van der Waals surface area contributed by atoms with Gasteiger partial charge in [0.15, 0.2) is 0 Å². The van der Waals surface area contributed by atoms with E-state index in [4.69, 9.17) is 32.7 Å². The summed E-state index contributed by atoms with van der Waals surface area (Å²) < 4.78 is 5.70. The summed E-state index contributed by atoms with van der Waals surface area (Å²) in [5.41, 5.74) is 0.716. The molecule has 1 N–H and O–H groups in total. The van der Waals surface area contributed by atoms with Crippen LogP contribution in [-0.2, 0) is 4.79 Å². The molecular weight excluding hydrogens is 287 g/mol. The number of halogens is 2. The maximum absolute atomic E-state index is 10.8. The van der Waals surface area contributed by atoms with E-state index in [1.807, 2.05) is 0 Å². The Morgan fingerprint density at radius 3 is 2.74 bits per heavy atom. The third-order valence-electron chi connectivity index (χ3n) is 3.29. The zero-order chi connectivity index (χ0) is 13.6. The number of carbonyl (C=O) groups is 1. The highest BCUT2D eigenvalue weighted by atomic mass is 35.5. The van der Waals surface area contributed by atoms with E-state index in [0.717, 1.165) is 0 Å². The Hall–Kier alpha value is -1.45. The quantitative estimate of drug-likeness (QED) is 0.911. The van der Waals surface area contributed by atoms with Crippen molar-refractivity contribution in [3.05, 3.63) is 46.1 Å². The van der Waals surface area contributed by atoms with E-state index >= 15 is 0 Å². The third kappa shape index (κ3) is 2.36. The van der Waals surface area contributed by atoms with E-state index in [9.17, 15) is 4.79 Å². The average Bonchev–Trinajstić information content (AvgIpc) is 3.04. The van der Waals surface area contributed by atoms with Gasteiger partial charge in [0.1, 0.15) is 11.5 Å². The van der Waals surface area contributed by atoms with Crippen LogP contribution in [0.3, 0.4) is 0 Å². The second-order valence-corrected chi connectivity index (χ2v) is 5.46. The highest BCUT2D eigenvalue weighted by molar-refractivity contribution is 6.35. The van der Waals surface area contributed by atoms with Gasteiger partial charge in [-0.2, -0.15) is 0 Å². The van der Waals surface area contributed by atoms with Gasteiger partial charge in [0.2, 0.25) is 0 Å². The van der Waals surface area contributed by atoms with E-state index < -0.39 is 5.97 Å². The zero-order valence-electron chi connectivity index (χ0n) is 9.77. The van der Waals surface area contributed by atoms with E-state index in [0.29, 0.717) is 33.6 Å². The molecule has 0 aliphatic heterocycles. The number of rotatable bonds is 3. The van der Waals surface area contributed by atoms with E-state index in [1.54, 1.807) is 30.3 Å². The van der Waals surface area contributed by atoms with E-state index in [-0.39, 0.29) is 11.8 Å². The van der Waals surface area contributed by atoms with Gasteiger partial charge in [-0.15, -0.1) is 0 Å². The second-order valence-electron chi connectivity index (χ2n) is 4.61. The zero-order valence-corrected chi connectivity index (χ0v) is 11.3.